The maximum absolute atomic E-state index is 13.2. The lowest BCUT2D eigenvalue weighted by Crippen LogP contribution is -2.38. The summed E-state index contributed by atoms with van der Waals surface area (Å²) in [7, 11) is 1.53. The maximum atomic E-state index is 13.2. The summed E-state index contributed by atoms with van der Waals surface area (Å²) in [6, 6.07) is -0.311. The number of carbonyl (C=O) groups excluding carboxylic acids is 1. The van der Waals surface area contributed by atoms with E-state index in [9.17, 15) is 28.1 Å². The highest BCUT2D eigenvalue weighted by molar-refractivity contribution is 5.99. The van der Waals surface area contributed by atoms with Crippen molar-refractivity contribution in [3.05, 3.63) is 52.0 Å². The quantitative estimate of drug-likeness (QED) is 0.650. The fraction of sp³-hybridized carbons (Fsp3) is 0.231. The average molecular weight is 343 g/mol. The van der Waals surface area contributed by atoms with Gasteiger partial charge in [0.1, 0.15) is 12.0 Å². The Hall–Kier alpha value is -3.11. The monoisotopic (exact) mass is 343 g/mol. The summed E-state index contributed by atoms with van der Waals surface area (Å²) in [6.45, 7) is 0. The van der Waals surface area contributed by atoms with Gasteiger partial charge in [0.25, 0.3) is 11.6 Å². The van der Waals surface area contributed by atoms with Gasteiger partial charge in [-0.1, -0.05) is 0 Å². The molecule has 1 atom stereocenters. The number of nitrogens with one attached hydrogen (secondary N) is 1. The number of alkyl halides is 3. The minimum absolute atomic E-state index is 0.185. The van der Waals surface area contributed by atoms with E-state index in [4.69, 9.17) is 5.73 Å². The predicted octanol–water partition coefficient (Wildman–Crippen LogP) is 1.94. The van der Waals surface area contributed by atoms with Gasteiger partial charge >= 0.3 is 6.18 Å². The fourth-order valence-corrected chi connectivity index (χ4v) is 2.00. The lowest BCUT2D eigenvalue weighted by Gasteiger charge is -2.21. The van der Waals surface area contributed by atoms with Crippen LogP contribution in [-0.4, -0.2) is 26.6 Å². The molecule has 2 aromatic rings. The van der Waals surface area contributed by atoms with Gasteiger partial charge in [0.15, 0.2) is 6.04 Å². The van der Waals surface area contributed by atoms with Crippen molar-refractivity contribution < 1.29 is 22.9 Å². The first kappa shape index (κ1) is 17.2. The lowest BCUT2D eigenvalue weighted by atomic mass is 10.1. The number of halogens is 3. The van der Waals surface area contributed by atoms with Crippen molar-refractivity contribution in [3.8, 4) is 0 Å². The molecule has 0 fully saturated rings. The van der Waals surface area contributed by atoms with Crippen LogP contribution in [0.2, 0.25) is 0 Å². The van der Waals surface area contributed by atoms with Gasteiger partial charge < -0.3 is 15.6 Å². The van der Waals surface area contributed by atoms with Gasteiger partial charge in [0.05, 0.1) is 10.5 Å². The highest BCUT2D eigenvalue weighted by Crippen LogP contribution is 2.33. The van der Waals surface area contributed by atoms with E-state index in [0.29, 0.717) is 0 Å². The molecule has 0 spiro atoms. The van der Waals surface area contributed by atoms with E-state index in [2.05, 4.69) is 4.98 Å². The molecule has 0 aliphatic heterocycles. The van der Waals surface area contributed by atoms with Crippen LogP contribution in [0.3, 0.4) is 0 Å². The number of pyridine rings is 1. The first-order chi connectivity index (χ1) is 11.1. The summed E-state index contributed by atoms with van der Waals surface area (Å²) in [5.41, 5.74) is 4.19. The smallest absolute Gasteiger partial charge is 0.383 e. The Labute approximate surface area is 133 Å². The van der Waals surface area contributed by atoms with Crippen molar-refractivity contribution in [3.63, 3.8) is 0 Å². The van der Waals surface area contributed by atoms with Crippen molar-refractivity contribution in [2.45, 2.75) is 12.2 Å². The molecule has 2 rings (SSSR count). The average Bonchev–Trinajstić information content (AvgIpc) is 2.89. The Kier molecular flexibility index (Phi) is 4.44. The Morgan fingerprint density at radius 3 is 2.67 bits per heavy atom. The lowest BCUT2D eigenvalue weighted by molar-refractivity contribution is -0.385. The molecule has 0 saturated carbocycles. The molecular formula is C13H12F3N5O3. The molecule has 0 aromatic carbocycles. The zero-order chi connectivity index (χ0) is 18.1. The SMILES string of the molecule is Cn1ccc(C(NC(=O)c2cc([N+](=O)[O-])cnc2N)C(F)(F)F)c1. The van der Waals surface area contributed by atoms with Gasteiger partial charge in [-0.2, -0.15) is 13.2 Å². The molecule has 0 saturated heterocycles. The third kappa shape index (κ3) is 3.62. The van der Waals surface area contributed by atoms with Crippen LogP contribution >= 0.6 is 0 Å². The number of nitrogens with two attached hydrogens (primary N) is 1. The van der Waals surface area contributed by atoms with E-state index < -0.39 is 40.1 Å². The molecule has 0 radical (unpaired) electrons. The van der Waals surface area contributed by atoms with Gasteiger partial charge in [0.2, 0.25) is 0 Å². The van der Waals surface area contributed by atoms with E-state index in [0.717, 1.165) is 12.3 Å². The van der Waals surface area contributed by atoms with Gasteiger partial charge in [-0.15, -0.1) is 0 Å². The number of aryl methyl sites for hydroxylation is 1. The molecule has 11 heteroatoms. The number of nitrogen functional groups attached to an aromatic ring is 1. The summed E-state index contributed by atoms with van der Waals surface area (Å²) in [6.07, 6.45) is -1.36. The van der Waals surface area contributed by atoms with Crippen LogP contribution in [-0.2, 0) is 7.05 Å². The molecule has 2 heterocycles. The second-order valence-electron chi connectivity index (χ2n) is 4.94. The molecule has 128 valence electrons. The van der Waals surface area contributed by atoms with Crippen LogP contribution in [0.15, 0.2) is 30.7 Å². The molecule has 0 aliphatic rings. The molecule has 8 nitrogen and oxygen atoms in total. The number of anilines is 1. The van der Waals surface area contributed by atoms with Gasteiger partial charge in [-0.25, -0.2) is 4.98 Å². The molecule has 0 aliphatic carbocycles. The topological polar surface area (TPSA) is 116 Å². The molecule has 0 bridgehead atoms. The maximum Gasteiger partial charge on any atom is 0.412 e. The fourth-order valence-electron chi connectivity index (χ4n) is 2.00. The van der Waals surface area contributed by atoms with Crippen molar-refractivity contribution >= 4 is 17.4 Å². The van der Waals surface area contributed by atoms with Crippen LogP contribution in [0, 0.1) is 10.1 Å². The van der Waals surface area contributed by atoms with E-state index in [-0.39, 0.29) is 5.56 Å². The van der Waals surface area contributed by atoms with Crippen LogP contribution in [0.1, 0.15) is 22.0 Å². The first-order valence-corrected chi connectivity index (χ1v) is 6.49. The Bertz CT molecular complexity index is 787. The summed E-state index contributed by atoms with van der Waals surface area (Å²) in [4.78, 5) is 25.4. The molecule has 1 unspecified atom stereocenters. The first-order valence-electron chi connectivity index (χ1n) is 6.49. The second kappa shape index (κ2) is 6.18. The Morgan fingerprint density at radius 2 is 2.17 bits per heavy atom. The van der Waals surface area contributed by atoms with E-state index in [1.807, 2.05) is 0 Å². The molecule has 1 amide bonds. The molecule has 3 N–H and O–H groups in total. The predicted molar refractivity (Wildman–Crippen MR) is 77.0 cm³/mol. The summed E-state index contributed by atoms with van der Waals surface area (Å²) in [5, 5.41) is 12.5. The summed E-state index contributed by atoms with van der Waals surface area (Å²) < 4.78 is 41.1. The third-order valence-electron chi connectivity index (χ3n) is 3.15. The van der Waals surface area contributed by atoms with Gasteiger partial charge in [-0.05, 0) is 6.07 Å². The van der Waals surface area contributed by atoms with Crippen molar-refractivity contribution in [1.29, 1.82) is 0 Å². The number of rotatable bonds is 4. The van der Waals surface area contributed by atoms with Gasteiger partial charge in [0, 0.05) is 31.1 Å². The number of hydrogen-bond acceptors (Lipinski definition) is 5. The second-order valence-corrected chi connectivity index (χ2v) is 4.94. The van der Waals surface area contributed by atoms with E-state index in [1.54, 1.807) is 5.32 Å². The number of nitrogens with zero attached hydrogens (tertiary/aromatic N) is 3. The van der Waals surface area contributed by atoms with Crippen LogP contribution in [0.4, 0.5) is 24.7 Å². The van der Waals surface area contributed by atoms with Crippen molar-refractivity contribution in [1.82, 2.24) is 14.9 Å². The Balaban J connectivity index is 2.35. The number of hydrogen-bond donors (Lipinski definition) is 2. The largest absolute Gasteiger partial charge is 0.412 e. The highest BCUT2D eigenvalue weighted by atomic mass is 19.4. The minimum atomic E-state index is -4.76. The van der Waals surface area contributed by atoms with Crippen molar-refractivity contribution in [2.24, 2.45) is 7.05 Å². The zero-order valence-electron chi connectivity index (χ0n) is 12.2. The normalized spacial score (nSPS) is 12.7. The number of nitro groups is 1. The molecule has 2 aromatic heterocycles. The van der Waals surface area contributed by atoms with Crippen LogP contribution in [0.25, 0.3) is 0 Å². The van der Waals surface area contributed by atoms with Crippen LogP contribution < -0.4 is 11.1 Å². The van der Waals surface area contributed by atoms with Gasteiger partial charge in [-0.3, -0.25) is 14.9 Å². The number of aromatic nitrogens is 2. The standard InChI is InChI=1S/C13H12F3N5O3/c1-20-3-2-7(6-20)10(13(14,15)16)19-12(22)9-4-8(21(23)24)5-18-11(9)17/h2-6,10H,1H3,(H2,17,18)(H,19,22). The Morgan fingerprint density at radius 1 is 1.50 bits per heavy atom. The molecular weight excluding hydrogens is 331 g/mol. The van der Waals surface area contributed by atoms with E-state index in [1.165, 1.54) is 30.1 Å². The minimum Gasteiger partial charge on any atom is -0.383 e. The highest BCUT2D eigenvalue weighted by Gasteiger charge is 2.42. The number of carbonyl (C=O) groups is 1. The number of amides is 1. The third-order valence-corrected chi connectivity index (χ3v) is 3.15. The molecule has 24 heavy (non-hydrogen) atoms. The summed E-state index contributed by atoms with van der Waals surface area (Å²) in [5.74, 6) is -1.62. The zero-order valence-corrected chi connectivity index (χ0v) is 12.2. The van der Waals surface area contributed by atoms with Crippen LogP contribution in [0.5, 0.6) is 0 Å². The van der Waals surface area contributed by atoms with Crippen molar-refractivity contribution in [2.75, 3.05) is 5.73 Å². The summed E-state index contributed by atoms with van der Waals surface area (Å²) >= 11 is 0. The van der Waals surface area contributed by atoms with E-state index >= 15 is 0 Å².